The Hall–Kier alpha value is -0.720. The zero-order valence-electron chi connectivity index (χ0n) is 10.0. The summed E-state index contributed by atoms with van der Waals surface area (Å²) >= 11 is 1.10. The van der Waals surface area contributed by atoms with E-state index in [0.717, 1.165) is 17.6 Å². The second kappa shape index (κ2) is 6.28. The summed E-state index contributed by atoms with van der Waals surface area (Å²) in [5, 5.41) is 13.1. The van der Waals surface area contributed by atoms with E-state index < -0.39 is 6.10 Å². The topological polar surface area (TPSA) is 67.3 Å². The summed E-state index contributed by atoms with van der Waals surface area (Å²) in [5.41, 5.74) is 0. The molecule has 1 saturated carbocycles. The van der Waals surface area contributed by atoms with Gasteiger partial charge in [0.25, 0.3) is 0 Å². The van der Waals surface area contributed by atoms with Crippen LogP contribution in [0.1, 0.15) is 26.2 Å². The number of rotatable bonds is 6. The molecule has 3 atom stereocenters. The van der Waals surface area contributed by atoms with Crippen LogP contribution in [-0.4, -0.2) is 39.2 Å². The summed E-state index contributed by atoms with van der Waals surface area (Å²) in [5.74, 6) is 1.30. The van der Waals surface area contributed by atoms with Gasteiger partial charge in [-0.05, 0) is 25.2 Å². The lowest BCUT2D eigenvalue weighted by molar-refractivity contribution is 0.101. The van der Waals surface area contributed by atoms with E-state index in [1.54, 1.807) is 6.20 Å². The monoisotopic (exact) mass is 257 g/mol. The van der Waals surface area contributed by atoms with Crippen molar-refractivity contribution in [3.63, 3.8) is 0 Å². The van der Waals surface area contributed by atoms with Gasteiger partial charge in [-0.1, -0.05) is 6.92 Å². The molecule has 6 heteroatoms. The maximum atomic E-state index is 9.74. The average Bonchev–Trinajstić information content (AvgIpc) is 2.95. The fourth-order valence-corrected chi connectivity index (χ4v) is 2.52. The van der Waals surface area contributed by atoms with E-state index in [9.17, 15) is 5.11 Å². The molecule has 3 unspecified atom stereocenters. The van der Waals surface area contributed by atoms with Gasteiger partial charge >= 0.3 is 0 Å². The molecule has 1 fully saturated rings. The maximum absolute atomic E-state index is 9.74. The van der Waals surface area contributed by atoms with Crippen molar-refractivity contribution in [3.05, 3.63) is 6.20 Å². The first-order valence-corrected chi connectivity index (χ1v) is 6.79. The molecule has 0 saturated heterocycles. The molecule has 0 bridgehead atoms. The highest BCUT2D eigenvalue weighted by molar-refractivity contribution is 6.99. The van der Waals surface area contributed by atoms with Gasteiger partial charge in [-0.15, -0.1) is 4.37 Å². The minimum absolute atomic E-state index is 0.265. The standard InChI is InChI=1S/C11H19N3O2S/c1-8-2-3-9(4-8)12-5-10(15)7-16-11-6-13-17-14-11/h6,8-10,12,15H,2-5,7H2,1H3. The number of aromatic nitrogens is 2. The van der Waals surface area contributed by atoms with Crippen LogP contribution in [0.15, 0.2) is 6.20 Å². The number of nitrogens with one attached hydrogen (secondary N) is 1. The predicted molar refractivity (Wildman–Crippen MR) is 66.2 cm³/mol. The Morgan fingerprint density at radius 3 is 3.18 bits per heavy atom. The molecule has 0 aromatic carbocycles. The Balaban J connectivity index is 1.59. The van der Waals surface area contributed by atoms with Crippen LogP contribution >= 0.6 is 11.7 Å². The highest BCUT2D eigenvalue weighted by Gasteiger charge is 2.21. The molecule has 0 aliphatic heterocycles. The molecule has 17 heavy (non-hydrogen) atoms. The zero-order valence-corrected chi connectivity index (χ0v) is 10.8. The first kappa shape index (κ1) is 12.7. The van der Waals surface area contributed by atoms with Crippen molar-refractivity contribution in [2.24, 2.45) is 5.92 Å². The Morgan fingerprint density at radius 1 is 1.65 bits per heavy atom. The molecule has 0 radical (unpaired) electrons. The van der Waals surface area contributed by atoms with Crippen LogP contribution in [0.25, 0.3) is 0 Å². The van der Waals surface area contributed by atoms with E-state index in [4.69, 9.17) is 4.74 Å². The minimum atomic E-state index is -0.493. The second-order valence-electron chi connectivity index (χ2n) is 4.73. The molecule has 0 spiro atoms. The zero-order chi connectivity index (χ0) is 12.1. The first-order valence-electron chi connectivity index (χ1n) is 6.06. The van der Waals surface area contributed by atoms with Gasteiger partial charge in [0.1, 0.15) is 18.9 Å². The number of nitrogens with zero attached hydrogens (tertiary/aromatic N) is 2. The number of hydrogen-bond acceptors (Lipinski definition) is 6. The van der Waals surface area contributed by atoms with E-state index >= 15 is 0 Å². The van der Waals surface area contributed by atoms with Crippen LogP contribution in [0, 0.1) is 5.92 Å². The smallest absolute Gasteiger partial charge is 0.245 e. The second-order valence-corrected chi connectivity index (χ2v) is 5.29. The van der Waals surface area contributed by atoms with Gasteiger partial charge in [-0.3, -0.25) is 0 Å². The van der Waals surface area contributed by atoms with Crippen molar-refractivity contribution in [1.82, 2.24) is 14.1 Å². The fraction of sp³-hybridized carbons (Fsp3) is 0.818. The highest BCUT2D eigenvalue weighted by atomic mass is 32.1. The van der Waals surface area contributed by atoms with Crippen LogP contribution in [0.4, 0.5) is 0 Å². The van der Waals surface area contributed by atoms with Crippen molar-refractivity contribution in [2.45, 2.75) is 38.3 Å². The number of hydrogen-bond donors (Lipinski definition) is 2. The Labute approximate surface area is 106 Å². The van der Waals surface area contributed by atoms with Crippen molar-refractivity contribution in [2.75, 3.05) is 13.2 Å². The molecule has 1 heterocycles. The van der Waals surface area contributed by atoms with Gasteiger partial charge < -0.3 is 15.2 Å². The summed E-state index contributed by atoms with van der Waals surface area (Å²) in [4.78, 5) is 0. The Bertz CT molecular complexity index is 321. The molecule has 1 aliphatic rings. The van der Waals surface area contributed by atoms with Crippen molar-refractivity contribution < 1.29 is 9.84 Å². The van der Waals surface area contributed by atoms with Gasteiger partial charge in [0.15, 0.2) is 0 Å². The van der Waals surface area contributed by atoms with Crippen molar-refractivity contribution >= 4 is 11.7 Å². The number of ether oxygens (including phenoxy) is 1. The van der Waals surface area contributed by atoms with Gasteiger partial charge in [0.2, 0.25) is 5.88 Å². The number of aliphatic hydroxyl groups excluding tert-OH is 1. The SMILES string of the molecule is CC1CCC(NCC(O)COc2cnsn2)C1. The molecule has 1 aromatic heterocycles. The quantitative estimate of drug-likeness (QED) is 0.797. The van der Waals surface area contributed by atoms with Crippen LogP contribution in [0.2, 0.25) is 0 Å². The first-order chi connectivity index (χ1) is 8.24. The largest absolute Gasteiger partial charge is 0.473 e. The third-order valence-corrected chi connectivity index (χ3v) is 3.56. The minimum Gasteiger partial charge on any atom is -0.473 e. The summed E-state index contributed by atoms with van der Waals surface area (Å²) in [6, 6.07) is 0.556. The maximum Gasteiger partial charge on any atom is 0.245 e. The molecule has 2 N–H and O–H groups in total. The van der Waals surface area contributed by atoms with Gasteiger partial charge in [0, 0.05) is 12.6 Å². The van der Waals surface area contributed by atoms with E-state index in [1.165, 1.54) is 19.3 Å². The molecule has 2 rings (SSSR count). The lowest BCUT2D eigenvalue weighted by Gasteiger charge is -2.16. The van der Waals surface area contributed by atoms with Crippen molar-refractivity contribution in [3.8, 4) is 5.88 Å². The van der Waals surface area contributed by atoms with Gasteiger partial charge in [0.05, 0.1) is 11.7 Å². The summed E-state index contributed by atoms with van der Waals surface area (Å²) in [6.07, 6.45) is 4.78. The number of aliphatic hydroxyl groups is 1. The molecular weight excluding hydrogens is 238 g/mol. The Morgan fingerprint density at radius 2 is 2.53 bits per heavy atom. The van der Waals surface area contributed by atoms with Gasteiger partial charge in [-0.25, -0.2) is 0 Å². The van der Waals surface area contributed by atoms with E-state index in [1.807, 2.05) is 0 Å². The van der Waals surface area contributed by atoms with Crippen LogP contribution < -0.4 is 10.1 Å². The average molecular weight is 257 g/mol. The van der Waals surface area contributed by atoms with E-state index in [0.29, 0.717) is 18.5 Å². The fourth-order valence-electron chi connectivity index (χ4n) is 2.16. The van der Waals surface area contributed by atoms with E-state index in [-0.39, 0.29) is 6.61 Å². The van der Waals surface area contributed by atoms with Crippen LogP contribution in [0.3, 0.4) is 0 Å². The molecule has 1 aromatic rings. The predicted octanol–water partition coefficient (Wildman–Crippen LogP) is 1.06. The summed E-state index contributed by atoms with van der Waals surface area (Å²) in [7, 11) is 0. The highest BCUT2D eigenvalue weighted by Crippen LogP contribution is 2.24. The lowest BCUT2D eigenvalue weighted by Crippen LogP contribution is -2.36. The van der Waals surface area contributed by atoms with Crippen LogP contribution in [-0.2, 0) is 0 Å². The summed E-state index contributed by atoms with van der Waals surface area (Å²) < 4.78 is 13.0. The van der Waals surface area contributed by atoms with Gasteiger partial charge in [-0.2, -0.15) is 4.37 Å². The third kappa shape index (κ3) is 4.22. The molecule has 96 valence electrons. The van der Waals surface area contributed by atoms with Crippen LogP contribution in [0.5, 0.6) is 5.88 Å². The normalized spacial score (nSPS) is 26.0. The lowest BCUT2D eigenvalue weighted by atomic mass is 10.1. The molecular formula is C11H19N3O2S. The molecule has 0 amide bonds. The summed E-state index contributed by atoms with van der Waals surface area (Å²) in [6.45, 7) is 3.12. The van der Waals surface area contributed by atoms with E-state index in [2.05, 4.69) is 21.0 Å². The molecule has 1 aliphatic carbocycles. The third-order valence-electron chi connectivity index (χ3n) is 3.10. The Kier molecular flexibility index (Phi) is 4.70. The molecule has 5 nitrogen and oxygen atoms in total. The van der Waals surface area contributed by atoms with Crippen molar-refractivity contribution in [1.29, 1.82) is 0 Å².